The van der Waals surface area contributed by atoms with Crippen LogP contribution in [0.25, 0.3) is 11.1 Å². The molecular formula is C12H14N2O2. The minimum absolute atomic E-state index is 0.147. The maximum Gasteiger partial charge on any atom is 0.181 e. The van der Waals surface area contributed by atoms with Crippen molar-refractivity contribution in [2.45, 2.75) is 12.8 Å². The van der Waals surface area contributed by atoms with Gasteiger partial charge in [0.2, 0.25) is 0 Å². The van der Waals surface area contributed by atoms with Gasteiger partial charge in [0.25, 0.3) is 0 Å². The van der Waals surface area contributed by atoms with Crippen LogP contribution in [0.5, 0.6) is 0 Å². The molecular weight excluding hydrogens is 204 g/mol. The van der Waals surface area contributed by atoms with Crippen molar-refractivity contribution in [3.63, 3.8) is 0 Å². The zero-order chi connectivity index (χ0) is 11.4. The van der Waals surface area contributed by atoms with Gasteiger partial charge in [-0.2, -0.15) is 0 Å². The first-order valence-corrected chi connectivity index (χ1v) is 5.32. The molecule has 0 aliphatic carbocycles. The number of rotatable bonds is 5. The van der Waals surface area contributed by atoms with Crippen molar-refractivity contribution < 1.29 is 9.21 Å². The van der Waals surface area contributed by atoms with Gasteiger partial charge < -0.3 is 9.73 Å². The number of oxazole rings is 1. The fourth-order valence-corrected chi connectivity index (χ4v) is 1.60. The van der Waals surface area contributed by atoms with Crippen LogP contribution in [0.15, 0.2) is 29.0 Å². The van der Waals surface area contributed by atoms with E-state index in [2.05, 4.69) is 10.3 Å². The van der Waals surface area contributed by atoms with Gasteiger partial charge in [0, 0.05) is 12.0 Å². The first-order chi connectivity index (χ1) is 7.81. The molecule has 4 nitrogen and oxygen atoms in total. The molecule has 0 bridgehead atoms. The topological polar surface area (TPSA) is 55.1 Å². The standard InChI is InChI=1S/C12H14N2O2/c1-13-6-2-3-11(15)9-4-5-10-12(7-9)16-8-14-10/h4-5,7-8,13H,2-3,6H2,1H3. The Hall–Kier alpha value is -1.68. The van der Waals surface area contributed by atoms with Crippen LogP contribution in [0.2, 0.25) is 0 Å². The van der Waals surface area contributed by atoms with E-state index in [1.807, 2.05) is 13.1 Å². The molecule has 4 heteroatoms. The monoisotopic (exact) mass is 218 g/mol. The number of fused-ring (bicyclic) bond motifs is 1. The molecule has 2 rings (SSSR count). The maximum absolute atomic E-state index is 11.8. The number of carbonyl (C=O) groups is 1. The Kier molecular flexibility index (Phi) is 3.31. The summed E-state index contributed by atoms with van der Waals surface area (Å²) in [6.45, 7) is 0.857. The molecule has 0 aliphatic heterocycles. The van der Waals surface area contributed by atoms with Crippen LogP contribution in [-0.2, 0) is 0 Å². The number of nitrogens with zero attached hydrogens (tertiary/aromatic N) is 1. The molecule has 0 spiro atoms. The van der Waals surface area contributed by atoms with Crippen molar-refractivity contribution in [2.75, 3.05) is 13.6 Å². The fraction of sp³-hybridized carbons (Fsp3) is 0.333. The van der Waals surface area contributed by atoms with E-state index < -0.39 is 0 Å². The van der Waals surface area contributed by atoms with E-state index in [0.29, 0.717) is 17.6 Å². The second kappa shape index (κ2) is 4.90. The number of carbonyl (C=O) groups excluding carboxylic acids is 1. The number of Topliss-reactive ketones (excluding diaryl/α,β-unsaturated/α-hetero) is 1. The first kappa shape index (κ1) is 10.8. The Morgan fingerprint density at radius 2 is 2.38 bits per heavy atom. The third kappa shape index (κ3) is 2.28. The highest BCUT2D eigenvalue weighted by Crippen LogP contribution is 2.15. The number of nitrogens with one attached hydrogen (secondary N) is 1. The molecule has 0 saturated heterocycles. The van der Waals surface area contributed by atoms with Crippen LogP contribution in [0.1, 0.15) is 23.2 Å². The van der Waals surface area contributed by atoms with Gasteiger partial charge in [0.1, 0.15) is 5.52 Å². The van der Waals surface area contributed by atoms with Crippen LogP contribution < -0.4 is 5.32 Å². The molecule has 0 fully saturated rings. The van der Waals surface area contributed by atoms with Crippen molar-refractivity contribution in [3.8, 4) is 0 Å². The lowest BCUT2D eigenvalue weighted by molar-refractivity contribution is 0.0980. The summed E-state index contributed by atoms with van der Waals surface area (Å²) in [5.74, 6) is 0.147. The molecule has 1 heterocycles. The summed E-state index contributed by atoms with van der Waals surface area (Å²) < 4.78 is 5.16. The molecule has 0 amide bonds. The second-order valence-corrected chi connectivity index (χ2v) is 3.67. The molecule has 0 atom stereocenters. The van der Waals surface area contributed by atoms with E-state index >= 15 is 0 Å². The molecule has 16 heavy (non-hydrogen) atoms. The lowest BCUT2D eigenvalue weighted by Gasteiger charge is -2.00. The lowest BCUT2D eigenvalue weighted by Crippen LogP contribution is -2.10. The average Bonchev–Trinajstić information content (AvgIpc) is 2.76. The van der Waals surface area contributed by atoms with Gasteiger partial charge in [-0.3, -0.25) is 4.79 Å². The largest absolute Gasteiger partial charge is 0.443 e. The van der Waals surface area contributed by atoms with E-state index in [1.165, 1.54) is 6.39 Å². The highest BCUT2D eigenvalue weighted by Gasteiger charge is 2.07. The van der Waals surface area contributed by atoms with Gasteiger partial charge in [0.05, 0.1) is 0 Å². The van der Waals surface area contributed by atoms with Crippen LogP contribution in [0.3, 0.4) is 0 Å². The van der Waals surface area contributed by atoms with Crippen molar-refractivity contribution in [2.24, 2.45) is 0 Å². The summed E-state index contributed by atoms with van der Waals surface area (Å²) in [7, 11) is 1.88. The van der Waals surface area contributed by atoms with Crippen molar-refractivity contribution in [1.82, 2.24) is 10.3 Å². The molecule has 0 saturated carbocycles. The van der Waals surface area contributed by atoms with E-state index in [9.17, 15) is 4.79 Å². The number of ketones is 1. The average molecular weight is 218 g/mol. The van der Waals surface area contributed by atoms with Gasteiger partial charge in [-0.1, -0.05) is 0 Å². The first-order valence-electron chi connectivity index (χ1n) is 5.32. The molecule has 0 unspecified atom stereocenters. The van der Waals surface area contributed by atoms with Crippen molar-refractivity contribution in [1.29, 1.82) is 0 Å². The maximum atomic E-state index is 11.8. The van der Waals surface area contributed by atoms with Crippen LogP contribution >= 0.6 is 0 Å². The molecule has 1 aromatic heterocycles. The smallest absolute Gasteiger partial charge is 0.181 e. The zero-order valence-corrected chi connectivity index (χ0v) is 9.19. The lowest BCUT2D eigenvalue weighted by atomic mass is 10.1. The summed E-state index contributed by atoms with van der Waals surface area (Å²) in [6, 6.07) is 5.36. The van der Waals surface area contributed by atoms with Crippen LogP contribution in [0.4, 0.5) is 0 Å². The Bertz CT molecular complexity index is 490. The summed E-state index contributed by atoms with van der Waals surface area (Å²) in [5, 5.41) is 3.02. The Morgan fingerprint density at radius 1 is 1.50 bits per heavy atom. The molecule has 0 aliphatic rings. The zero-order valence-electron chi connectivity index (χ0n) is 9.19. The van der Waals surface area contributed by atoms with Gasteiger partial charge in [-0.15, -0.1) is 0 Å². The number of hydrogen-bond acceptors (Lipinski definition) is 4. The number of benzene rings is 1. The SMILES string of the molecule is CNCCCC(=O)c1ccc2ncoc2c1. The molecule has 0 radical (unpaired) electrons. The summed E-state index contributed by atoms with van der Waals surface area (Å²) in [5.41, 5.74) is 2.14. The Labute approximate surface area is 93.7 Å². The highest BCUT2D eigenvalue weighted by molar-refractivity contribution is 5.98. The molecule has 1 N–H and O–H groups in total. The fourth-order valence-electron chi connectivity index (χ4n) is 1.60. The van der Waals surface area contributed by atoms with Gasteiger partial charge in [0.15, 0.2) is 17.8 Å². The minimum atomic E-state index is 0.147. The van der Waals surface area contributed by atoms with Crippen LogP contribution in [-0.4, -0.2) is 24.4 Å². The minimum Gasteiger partial charge on any atom is -0.443 e. The Morgan fingerprint density at radius 3 is 3.19 bits per heavy atom. The molecule has 2 aromatic rings. The molecule has 1 aromatic carbocycles. The normalized spacial score (nSPS) is 10.8. The predicted molar refractivity (Wildman–Crippen MR) is 61.5 cm³/mol. The van der Waals surface area contributed by atoms with Crippen molar-refractivity contribution in [3.05, 3.63) is 30.2 Å². The van der Waals surface area contributed by atoms with Gasteiger partial charge >= 0.3 is 0 Å². The third-order valence-corrected chi connectivity index (χ3v) is 2.48. The molecule has 84 valence electrons. The third-order valence-electron chi connectivity index (χ3n) is 2.48. The van der Waals surface area contributed by atoms with Gasteiger partial charge in [-0.05, 0) is 38.2 Å². The van der Waals surface area contributed by atoms with E-state index in [-0.39, 0.29) is 5.78 Å². The van der Waals surface area contributed by atoms with E-state index in [4.69, 9.17) is 4.42 Å². The second-order valence-electron chi connectivity index (χ2n) is 3.67. The number of aromatic nitrogens is 1. The Balaban J connectivity index is 2.10. The predicted octanol–water partition coefficient (Wildman–Crippen LogP) is 2.01. The van der Waals surface area contributed by atoms with Gasteiger partial charge in [-0.25, -0.2) is 4.98 Å². The quantitative estimate of drug-likeness (QED) is 0.616. The van der Waals surface area contributed by atoms with E-state index in [0.717, 1.165) is 18.5 Å². The number of hydrogen-bond donors (Lipinski definition) is 1. The summed E-state index contributed by atoms with van der Waals surface area (Å²) >= 11 is 0. The summed E-state index contributed by atoms with van der Waals surface area (Å²) in [6.07, 6.45) is 2.80. The van der Waals surface area contributed by atoms with E-state index in [1.54, 1.807) is 12.1 Å². The van der Waals surface area contributed by atoms with Crippen LogP contribution in [0, 0.1) is 0 Å². The summed E-state index contributed by atoms with van der Waals surface area (Å²) in [4.78, 5) is 15.8. The van der Waals surface area contributed by atoms with Crippen molar-refractivity contribution >= 4 is 16.9 Å². The highest BCUT2D eigenvalue weighted by atomic mass is 16.3.